The number of hydrogen-bond acceptors (Lipinski definition) is 3. The Morgan fingerprint density at radius 1 is 1.28 bits per heavy atom. The van der Waals surface area contributed by atoms with Crippen LogP contribution < -0.4 is 0 Å². The molecule has 106 valence electrons. The van der Waals surface area contributed by atoms with E-state index in [-0.39, 0.29) is 12.4 Å². The molecule has 5 heteroatoms. The molecule has 0 radical (unpaired) electrons. The van der Waals surface area contributed by atoms with Crippen LogP contribution >= 0.6 is 12.4 Å². The van der Waals surface area contributed by atoms with Crippen LogP contribution in [0.2, 0.25) is 0 Å². The number of fused-ring (bicyclic) bond motifs is 1. The summed E-state index contributed by atoms with van der Waals surface area (Å²) in [5.74, 6) is -0.678. The highest BCUT2D eigenvalue weighted by Gasteiger charge is 2.33. The molecular weight excluding hydrogens is 254 g/mol. The fourth-order valence-electron chi connectivity index (χ4n) is 3.05. The van der Waals surface area contributed by atoms with Crippen LogP contribution in [0, 0.1) is 0 Å². The van der Waals surface area contributed by atoms with Crippen LogP contribution in [-0.4, -0.2) is 47.8 Å². The fourth-order valence-corrected chi connectivity index (χ4v) is 3.05. The third kappa shape index (κ3) is 4.41. The van der Waals surface area contributed by atoms with Gasteiger partial charge in [0.1, 0.15) is 0 Å². The third-order valence-corrected chi connectivity index (χ3v) is 3.93. The number of halogens is 1. The van der Waals surface area contributed by atoms with Crippen LogP contribution in [0.25, 0.3) is 0 Å². The standard InChI is InChI=1S/C13H23NO3.ClH/c15-13(16)7-3-4-8-14-9-10-17-12-6-2-1-5-11(12)14;/h11-12H,1-10H2,(H,15,16);1H. The van der Waals surface area contributed by atoms with E-state index < -0.39 is 5.97 Å². The Balaban J connectivity index is 0.00000162. The molecule has 0 amide bonds. The monoisotopic (exact) mass is 277 g/mol. The summed E-state index contributed by atoms with van der Waals surface area (Å²) in [6.45, 7) is 2.91. The van der Waals surface area contributed by atoms with Crippen LogP contribution in [-0.2, 0) is 9.53 Å². The number of ether oxygens (including phenoxy) is 1. The van der Waals surface area contributed by atoms with Crippen LogP contribution in [0.3, 0.4) is 0 Å². The van der Waals surface area contributed by atoms with E-state index in [2.05, 4.69) is 4.90 Å². The van der Waals surface area contributed by atoms with Crippen molar-refractivity contribution in [1.82, 2.24) is 4.90 Å². The van der Waals surface area contributed by atoms with Gasteiger partial charge in [0.2, 0.25) is 0 Å². The Morgan fingerprint density at radius 3 is 2.83 bits per heavy atom. The van der Waals surface area contributed by atoms with E-state index in [4.69, 9.17) is 9.84 Å². The van der Waals surface area contributed by atoms with Crippen molar-refractivity contribution in [2.45, 2.75) is 57.1 Å². The number of rotatable bonds is 5. The van der Waals surface area contributed by atoms with Gasteiger partial charge in [-0.1, -0.05) is 12.8 Å². The van der Waals surface area contributed by atoms with Gasteiger partial charge in [-0.05, 0) is 32.2 Å². The van der Waals surface area contributed by atoms with Gasteiger partial charge in [-0.2, -0.15) is 0 Å². The zero-order valence-corrected chi connectivity index (χ0v) is 11.7. The Bertz CT molecular complexity index is 261. The summed E-state index contributed by atoms with van der Waals surface area (Å²) in [5.41, 5.74) is 0. The molecule has 18 heavy (non-hydrogen) atoms. The summed E-state index contributed by atoms with van der Waals surface area (Å²) in [4.78, 5) is 13.0. The highest BCUT2D eigenvalue weighted by Crippen LogP contribution is 2.28. The number of carboxylic acid groups (broad SMARTS) is 1. The molecule has 0 aromatic rings. The van der Waals surface area contributed by atoms with E-state index in [9.17, 15) is 4.79 Å². The van der Waals surface area contributed by atoms with Crippen molar-refractivity contribution in [3.8, 4) is 0 Å². The first-order valence-corrected chi connectivity index (χ1v) is 6.85. The van der Waals surface area contributed by atoms with Crippen molar-refractivity contribution in [1.29, 1.82) is 0 Å². The molecule has 1 aliphatic heterocycles. The lowest BCUT2D eigenvalue weighted by Gasteiger charge is -2.43. The summed E-state index contributed by atoms with van der Waals surface area (Å²) in [5, 5.41) is 8.60. The predicted octanol–water partition coefficient (Wildman–Crippen LogP) is 2.31. The minimum atomic E-state index is -0.678. The number of nitrogens with zero attached hydrogens (tertiary/aromatic N) is 1. The largest absolute Gasteiger partial charge is 0.481 e. The van der Waals surface area contributed by atoms with Crippen molar-refractivity contribution in [3.05, 3.63) is 0 Å². The van der Waals surface area contributed by atoms with Gasteiger partial charge in [0.15, 0.2) is 0 Å². The summed E-state index contributed by atoms with van der Waals surface area (Å²) in [6, 6.07) is 0.599. The minimum Gasteiger partial charge on any atom is -0.481 e. The van der Waals surface area contributed by atoms with Gasteiger partial charge in [0.05, 0.1) is 12.7 Å². The van der Waals surface area contributed by atoms with Gasteiger partial charge in [-0.15, -0.1) is 12.4 Å². The van der Waals surface area contributed by atoms with Gasteiger partial charge in [-0.3, -0.25) is 9.69 Å². The molecule has 1 aliphatic carbocycles. The predicted molar refractivity (Wildman–Crippen MR) is 72.3 cm³/mol. The number of carbonyl (C=O) groups is 1. The maximum Gasteiger partial charge on any atom is 0.303 e. The van der Waals surface area contributed by atoms with Crippen molar-refractivity contribution in [2.24, 2.45) is 0 Å². The molecule has 2 rings (SSSR count). The summed E-state index contributed by atoms with van der Waals surface area (Å²) < 4.78 is 5.82. The van der Waals surface area contributed by atoms with E-state index in [0.717, 1.165) is 32.5 Å². The maximum atomic E-state index is 10.4. The summed E-state index contributed by atoms with van der Waals surface area (Å²) >= 11 is 0. The molecule has 0 aromatic carbocycles. The smallest absolute Gasteiger partial charge is 0.303 e. The molecule has 2 atom stereocenters. The highest BCUT2D eigenvalue weighted by molar-refractivity contribution is 5.85. The normalized spacial score (nSPS) is 28.2. The van der Waals surface area contributed by atoms with E-state index in [1.807, 2.05) is 0 Å². The number of carboxylic acids is 1. The minimum absolute atomic E-state index is 0. The average Bonchev–Trinajstić information content (AvgIpc) is 2.34. The van der Waals surface area contributed by atoms with Crippen LogP contribution in [0.1, 0.15) is 44.9 Å². The second kappa shape index (κ2) is 7.97. The zero-order chi connectivity index (χ0) is 12.1. The number of morpholine rings is 1. The molecule has 0 aromatic heterocycles. The molecule has 1 heterocycles. The molecular formula is C13H24ClNO3. The number of hydrogen-bond donors (Lipinski definition) is 1. The summed E-state index contributed by atoms with van der Waals surface area (Å²) in [7, 11) is 0. The molecule has 2 unspecified atom stereocenters. The fraction of sp³-hybridized carbons (Fsp3) is 0.923. The van der Waals surface area contributed by atoms with E-state index >= 15 is 0 Å². The van der Waals surface area contributed by atoms with Crippen LogP contribution in [0.4, 0.5) is 0 Å². The van der Waals surface area contributed by atoms with E-state index in [1.54, 1.807) is 0 Å². The molecule has 4 nitrogen and oxygen atoms in total. The Kier molecular flexibility index (Phi) is 6.97. The highest BCUT2D eigenvalue weighted by atomic mass is 35.5. The van der Waals surface area contributed by atoms with Gasteiger partial charge in [-0.25, -0.2) is 0 Å². The lowest BCUT2D eigenvalue weighted by molar-refractivity contribution is -0.137. The number of unbranched alkanes of at least 4 members (excludes halogenated alkanes) is 1. The zero-order valence-electron chi connectivity index (χ0n) is 10.8. The molecule has 1 saturated carbocycles. The SMILES string of the molecule is Cl.O=C(O)CCCCN1CCOC2CCCCC21. The summed E-state index contributed by atoms with van der Waals surface area (Å²) in [6.07, 6.45) is 7.61. The first-order chi connectivity index (χ1) is 8.27. The lowest BCUT2D eigenvalue weighted by Crippen LogP contribution is -2.52. The van der Waals surface area contributed by atoms with Gasteiger partial charge in [0.25, 0.3) is 0 Å². The second-order valence-corrected chi connectivity index (χ2v) is 5.15. The average molecular weight is 278 g/mol. The van der Waals surface area contributed by atoms with Crippen LogP contribution in [0.15, 0.2) is 0 Å². The van der Waals surface area contributed by atoms with Crippen molar-refractivity contribution >= 4 is 18.4 Å². The van der Waals surface area contributed by atoms with Crippen molar-refractivity contribution in [3.63, 3.8) is 0 Å². The van der Waals surface area contributed by atoms with Gasteiger partial charge >= 0.3 is 5.97 Å². The molecule has 0 bridgehead atoms. The molecule has 0 spiro atoms. The van der Waals surface area contributed by atoms with Crippen LogP contribution in [0.5, 0.6) is 0 Å². The Morgan fingerprint density at radius 2 is 2.06 bits per heavy atom. The molecule has 1 N–H and O–H groups in total. The third-order valence-electron chi connectivity index (χ3n) is 3.93. The topological polar surface area (TPSA) is 49.8 Å². The van der Waals surface area contributed by atoms with Crippen molar-refractivity contribution in [2.75, 3.05) is 19.7 Å². The second-order valence-electron chi connectivity index (χ2n) is 5.15. The Hall–Kier alpha value is -0.320. The van der Waals surface area contributed by atoms with E-state index in [1.165, 1.54) is 25.7 Å². The van der Waals surface area contributed by atoms with Gasteiger partial charge in [0, 0.05) is 19.0 Å². The first kappa shape index (κ1) is 15.7. The first-order valence-electron chi connectivity index (χ1n) is 6.85. The molecule has 2 aliphatic rings. The maximum absolute atomic E-state index is 10.4. The van der Waals surface area contributed by atoms with Crippen molar-refractivity contribution < 1.29 is 14.6 Å². The van der Waals surface area contributed by atoms with Gasteiger partial charge < -0.3 is 9.84 Å². The molecule has 2 fully saturated rings. The lowest BCUT2D eigenvalue weighted by atomic mass is 9.90. The molecule has 1 saturated heterocycles. The number of aliphatic carboxylic acids is 1. The Labute approximate surface area is 115 Å². The van der Waals surface area contributed by atoms with E-state index in [0.29, 0.717) is 18.6 Å². The quantitative estimate of drug-likeness (QED) is 0.784.